The molecule has 1 aromatic carbocycles. The largest absolute Gasteiger partial charge is 0.497 e. The molecule has 0 saturated carbocycles. The van der Waals surface area contributed by atoms with E-state index >= 15 is 0 Å². The zero-order valence-corrected chi connectivity index (χ0v) is 14.9. The van der Waals surface area contributed by atoms with E-state index in [0.717, 1.165) is 12.0 Å². The third-order valence-corrected chi connectivity index (χ3v) is 5.25. The van der Waals surface area contributed by atoms with Crippen LogP contribution in [0.25, 0.3) is 0 Å². The van der Waals surface area contributed by atoms with Gasteiger partial charge in [0.25, 0.3) is 0 Å². The molecule has 2 rings (SSSR count). The highest BCUT2D eigenvalue weighted by molar-refractivity contribution is 7.12. The normalized spacial score (nSPS) is 13.6. The van der Waals surface area contributed by atoms with Gasteiger partial charge in [0.15, 0.2) is 0 Å². The summed E-state index contributed by atoms with van der Waals surface area (Å²) < 4.78 is 10.5. The van der Waals surface area contributed by atoms with Crippen LogP contribution in [0.2, 0.25) is 0 Å². The molecule has 0 aliphatic rings. The summed E-state index contributed by atoms with van der Waals surface area (Å²) in [6, 6.07) is 10.00. The fourth-order valence-electron chi connectivity index (χ4n) is 2.35. The van der Waals surface area contributed by atoms with Crippen molar-refractivity contribution in [2.24, 2.45) is 0 Å². The molecule has 2 N–H and O–H groups in total. The highest BCUT2D eigenvalue weighted by atomic mass is 32.1. The topological polar surface area (TPSA) is 50.7 Å². The summed E-state index contributed by atoms with van der Waals surface area (Å²) in [6.45, 7) is 4.74. The van der Waals surface area contributed by atoms with Gasteiger partial charge in [0.05, 0.1) is 20.3 Å². The summed E-state index contributed by atoms with van der Waals surface area (Å²) in [5.74, 6) is 1.36. The van der Waals surface area contributed by atoms with E-state index in [9.17, 15) is 5.11 Å². The molecule has 0 saturated heterocycles. The Labute approximate surface area is 142 Å². The SMILES string of the molecule is CCc1ccc(C(C)NCC(O)c2cc(OC)cc(OC)c2)s1. The number of benzene rings is 1. The van der Waals surface area contributed by atoms with Gasteiger partial charge in [0, 0.05) is 28.4 Å². The van der Waals surface area contributed by atoms with Crippen molar-refractivity contribution in [3.8, 4) is 11.5 Å². The molecular weight excluding hydrogens is 310 g/mol. The Kier molecular flexibility index (Phi) is 6.45. The molecule has 0 aliphatic heterocycles. The first-order valence-electron chi connectivity index (χ1n) is 7.80. The van der Waals surface area contributed by atoms with Gasteiger partial charge in [0.1, 0.15) is 11.5 Å². The summed E-state index contributed by atoms with van der Waals surface area (Å²) in [7, 11) is 3.21. The number of aliphatic hydroxyl groups is 1. The van der Waals surface area contributed by atoms with Gasteiger partial charge >= 0.3 is 0 Å². The van der Waals surface area contributed by atoms with Crippen molar-refractivity contribution in [3.05, 3.63) is 45.6 Å². The summed E-state index contributed by atoms with van der Waals surface area (Å²) in [5.41, 5.74) is 0.779. The zero-order valence-electron chi connectivity index (χ0n) is 14.1. The van der Waals surface area contributed by atoms with Gasteiger partial charge in [-0.25, -0.2) is 0 Å². The van der Waals surface area contributed by atoms with Crippen molar-refractivity contribution in [1.29, 1.82) is 0 Å². The number of thiophene rings is 1. The van der Waals surface area contributed by atoms with Crippen LogP contribution in [0.15, 0.2) is 30.3 Å². The minimum atomic E-state index is -0.618. The summed E-state index contributed by atoms with van der Waals surface area (Å²) in [6.07, 6.45) is 0.441. The van der Waals surface area contributed by atoms with Crippen molar-refractivity contribution in [2.45, 2.75) is 32.4 Å². The number of methoxy groups -OCH3 is 2. The minimum Gasteiger partial charge on any atom is -0.497 e. The molecule has 2 atom stereocenters. The van der Waals surface area contributed by atoms with Crippen molar-refractivity contribution in [1.82, 2.24) is 5.32 Å². The van der Waals surface area contributed by atoms with E-state index < -0.39 is 6.10 Å². The van der Waals surface area contributed by atoms with Crippen LogP contribution in [-0.2, 0) is 6.42 Å². The van der Waals surface area contributed by atoms with Crippen LogP contribution in [0.1, 0.15) is 41.3 Å². The number of nitrogens with one attached hydrogen (secondary N) is 1. The molecule has 1 heterocycles. The first-order chi connectivity index (χ1) is 11.1. The van der Waals surface area contributed by atoms with E-state index in [4.69, 9.17) is 9.47 Å². The number of rotatable bonds is 8. The molecule has 0 amide bonds. The van der Waals surface area contributed by atoms with E-state index in [1.807, 2.05) is 23.5 Å². The Morgan fingerprint density at radius 2 is 1.78 bits per heavy atom. The lowest BCUT2D eigenvalue weighted by Crippen LogP contribution is -2.24. The predicted octanol–water partition coefficient (Wildman–Crippen LogP) is 3.71. The molecule has 2 aromatic rings. The lowest BCUT2D eigenvalue weighted by molar-refractivity contribution is 0.170. The van der Waals surface area contributed by atoms with Crippen LogP contribution in [0, 0.1) is 0 Å². The van der Waals surface area contributed by atoms with Crippen LogP contribution in [0.4, 0.5) is 0 Å². The number of ether oxygens (including phenoxy) is 2. The predicted molar refractivity (Wildman–Crippen MR) is 94.6 cm³/mol. The molecule has 0 fully saturated rings. The lowest BCUT2D eigenvalue weighted by atomic mass is 10.1. The fourth-order valence-corrected chi connectivity index (χ4v) is 3.33. The molecule has 23 heavy (non-hydrogen) atoms. The second-order valence-corrected chi connectivity index (χ2v) is 6.65. The molecule has 0 bridgehead atoms. The zero-order chi connectivity index (χ0) is 16.8. The molecule has 1 aromatic heterocycles. The fraction of sp³-hybridized carbons (Fsp3) is 0.444. The van der Waals surface area contributed by atoms with Gasteiger partial charge < -0.3 is 19.9 Å². The maximum atomic E-state index is 10.4. The number of aryl methyl sites for hydroxylation is 1. The summed E-state index contributed by atoms with van der Waals surface area (Å²) in [5, 5.41) is 13.8. The molecule has 0 aliphatic carbocycles. The Hall–Kier alpha value is -1.56. The second kappa shape index (κ2) is 8.34. The van der Waals surface area contributed by atoms with E-state index in [0.29, 0.717) is 18.0 Å². The third kappa shape index (κ3) is 4.70. The average Bonchev–Trinajstić information content (AvgIpc) is 3.08. The van der Waals surface area contributed by atoms with Gasteiger partial charge in [0.2, 0.25) is 0 Å². The number of hydrogen-bond acceptors (Lipinski definition) is 5. The van der Waals surface area contributed by atoms with E-state index in [1.54, 1.807) is 20.3 Å². The highest BCUT2D eigenvalue weighted by Gasteiger charge is 2.14. The van der Waals surface area contributed by atoms with Crippen LogP contribution >= 0.6 is 11.3 Å². The van der Waals surface area contributed by atoms with Crippen LogP contribution in [0.5, 0.6) is 11.5 Å². The average molecular weight is 335 g/mol. The molecule has 126 valence electrons. The smallest absolute Gasteiger partial charge is 0.122 e. The quantitative estimate of drug-likeness (QED) is 0.772. The molecule has 0 radical (unpaired) electrons. The van der Waals surface area contributed by atoms with Crippen molar-refractivity contribution in [2.75, 3.05) is 20.8 Å². The first kappa shape index (κ1) is 17.8. The minimum absolute atomic E-state index is 0.211. The van der Waals surface area contributed by atoms with Crippen LogP contribution in [-0.4, -0.2) is 25.9 Å². The standard InChI is InChI=1S/C18H25NO3S/c1-5-16-6-7-18(23-16)12(2)19-11-17(20)13-8-14(21-3)10-15(9-13)22-4/h6-10,12,17,19-20H,5,11H2,1-4H3. The van der Waals surface area contributed by atoms with E-state index in [2.05, 4.69) is 31.3 Å². The maximum Gasteiger partial charge on any atom is 0.122 e. The maximum absolute atomic E-state index is 10.4. The molecule has 0 spiro atoms. The van der Waals surface area contributed by atoms with Gasteiger partial charge in [-0.1, -0.05) is 6.92 Å². The Morgan fingerprint density at radius 1 is 1.13 bits per heavy atom. The number of hydrogen-bond donors (Lipinski definition) is 2. The second-order valence-electron chi connectivity index (χ2n) is 5.45. The molecular formula is C18H25NO3S. The van der Waals surface area contributed by atoms with Gasteiger partial charge in [-0.05, 0) is 43.2 Å². The van der Waals surface area contributed by atoms with Gasteiger partial charge in [-0.15, -0.1) is 11.3 Å². The van der Waals surface area contributed by atoms with E-state index in [-0.39, 0.29) is 6.04 Å². The van der Waals surface area contributed by atoms with Crippen molar-refractivity contribution in [3.63, 3.8) is 0 Å². The Morgan fingerprint density at radius 3 is 2.30 bits per heavy atom. The highest BCUT2D eigenvalue weighted by Crippen LogP contribution is 2.27. The number of aliphatic hydroxyl groups excluding tert-OH is 1. The lowest BCUT2D eigenvalue weighted by Gasteiger charge is -2.18. The molecule has 4 nitrogen and oxygen atoms in total. The van der Waals surface area contributed by atoms with E-state index in [1.165, 1.54) is 9.75 Å². The molecule has 2 unspecified atom stereocenters. The van der Waals surface area contributed by atoms with Crippen molar-refractivity contribution >= 4 is 11.3 Å². The third-order valence-electron chi connectivity index (χ3n) is 3.83. The first-order valence-corrected chi connectivity index (χ1v) is 8.62. The summed E-state index contributed by atoms with van der Waals surface area (Å²) >= 11 is 1.82. The Bertz CT molecular complexity index is 604. The van der Waals surface area contributed by atoms with Gasteiger partial charge in [-0.2, -0.15) is 0 Å². The van der Waals surface area contributed by atoms with Crippen LogP contribution < -0.4 is 14.8 Å². The molecule has 5 heteroatoms. The van der Waals surface area contributed by atoms with Crippen molar-refractivity contribution < 1.29 is 14.6 Å². The Balaban J connectivity index is 1.99. The van der Waals surface area contributed by atoms with Gasteiger partial charge in [-0.3, -0.25) is 0 Å². The monoisotopic (exact) mass is 335 g/mol. The summed E-state index contributed by atoms with van der Waals surface area (Å²) in [4.78, 5) is 2.67. The van der Waals surface area contributed by atoms with Crippen LogP contribution in [0.3, 0.4) is 0 Å².